The molecule has 2 heterocycles. The molecule has 0 aliphatic carbocycles. The fourth-order valence-corrected chi connectivity index (χ4v) is 3.38. The van der Waals surface area contributed by atoms with E-state index >= 15 is 0 Å². The molecule has 0 amide bonds. The van der Waals surface area contributed by atoms with E-state index in [1.54, 1.807) is 0 Å². The van der Waals surface area contributed by atoms with Gasteiger partial charge in [0.1, 0.15) is 11.3 Å². The Balaban J connectivity index is 2.17. The molecule has 4 heteroatoms. The number of rotatable bonds is 4. The van der Waals surface area contributed by atoms with Gasteiger partial charge in [0.15, 0.2) is 5.65 Å². The van der Waals surface area contributed by atoms with E-state index in [1.165, 1.54) is 16.0 Å². The highest BCUT2D eigenvalue weighted by molar-refractivity contribution is 7.99. The minimum absolute atomic E-state index is 0.463. The summed E-state index contributed by atoms with van der Waals surface area (Å²) in [6.07, 6.45) is 1.96. The Morgan fingerprint density at radius 1 is 1.23 bits per heavy atom. The Labute approximate surface area is 135 Å². The fourth-order valence-electron chi connectivity index (χ4n) is 2.58. The van der Waals surface area contributed by atoms with Gasteiger partial charge in [0.05, 0.1) is 0 Å². The second-order valence-corrected chi connectivity index (χ2v) is 7.00. The van der Waals surface area contributed by atoms with Crippen LogP contribution in [-0.2, 0) is 7.05 Å². The zero-order valence-corrected chi connectivity index (χ0v) is 14.3. The Hall–Kier alpha value is -1.81. The number of imidazole rings is 1. The number of pyridine rings is 1. The Morgan fingerprint density at radius 3 is 2.73 bits per heavy atom. The van der Waals surface area contributed by atoms with E-state index in [-0.39, 0.29) is 0 Å². The first-order valence-corrected chi connectivity index (χ1v) is 8.65. The second kappa shape index (κ2) is 6.13. The van der Waals surface area contributed by atoms with Crippen LogP contribution in [0.4, 0.5) is 0 Å². The molecule has 0 fully saturated rings. The van der Waals surface area contributed by atoms with Crippen LogP contribution in [0.3, 0.4) is 0 Å². The highest BCUT2D eigenvalue weighted by atomic mass is 32.2. The smallest absolute Gasteiger partial charge is 0.160 e. The van der Waals surface area contributed by atoms with E-state index < -0.39 is 0 Å². The van der Waals surface area contributed by atoms with Crippen LogP contribution in [0.15, 0.2) is 41.4 Å². The largest absolute Gasteiger partial charge is 0.312 e. The summed E-state index contributed by atoms with van der Waals surface area (Å²) in [7, 11) is 2.04. The van der Waals surface area contributed by atoms with Crippen LogP contribution in [-0.4, -0.2) is 20.3 Å². The van der Waals surface area contributed by atoms with E-state index in [2.05, 4.69) is 60.7 Å². The van der Waals surface area contributed by atoms with Crippen LogP contribution in [0.5, 0.6) is 0 Å². The van der Waals surface area contributed by atoms with Gasteiger partial charge in [-0.2, -0.15) is 0 Å². The van der Waals surface area contributed by atoms with E-state index in [1.807, 2.05) is 25.0 Å². The summed E-state index contributed by atoms with van der Waals surface area (Å²) in [6.45, 7) is 6.53. The van der Waals surface area contributed by atoms with Crippen LogP contribution in [0.2, 0.25) is 0 Å². The van der Waals surface area contributed by atoms with E-state index in [0.717, 1.165) is 22.7 Å². The first kappa shape index (κ1) is 15.1. The molecule has 0 unspecified atom stereocenters. The topological polar surface area (TPSA) is 30.7 Å². The molecule has 0 aliphatic heterocycles. The average molecular weight is 311 g/mol. The normalized spacial score (nSPS) is 11.5. The molecule has 0 saturated carbocycles. The van der Waals surface area contributed by atoms with Gasteiger partial charge in [0.2, 0.25) is 0 Å². The maximum atomic E-state index is 4.86. The molecule has 3 aromatic rings. The summed E-state index contributed by atoms with van der Waals surface area (Å²) < 4.78 is 2.09. The predicted molar refractivity (Wildman–Crippen MR) is 94.4 cm³/mol. The summed E-state index contributed by atoms with van der Waals surface area (Å²) in [5.41, 5.74) is 4.32. The molecule has 0 N–H and O–H groups in total. The number of hydrogen-bond donors (Lipinski definition) is 0. The molecule has 0 atom stereocenters. The molecule has 0 spiro atoms. The lowest BCUT2D eigenvalue weighted by atomic mass is 10.1. The van der Waals surface area contributed by atoms with Crippen LogP contribution in [0, 0.1) is 0 Å². The number of benzene rings is 1. The number of hydrogen-bond acceptors (Lipinski definition) is 3. The molecule has 22 heavy (non-hydrogen) atoms. The Morgan fingerprint density at radius 2 is 2.00 bits per heavy atom. The summed E-state index contributed by atoms with van der Waals surface area (Å²) >= 11 is 1.85. The van der Waals surface area contributed by atoms with Crippen molar-refractivity contribution in [2.75, 3.05) is 5.75 Å². The lowest BCUT2D eigenvalue weighted by molar-refractivity contribution is 0.859. The van der Waals surface area contributed by atoms with Crippen molar-refractivity contribution in [3.8, 4) is 11.4 Å². The second-order valence-electron chi connectivity index (χ2n) is 5.69. The van der Waals surface area contributed by atoms with Gasteiger partial charge < -0.3 is 4.57 Å². The molecule has 114 valence electrons. The molecular formula is C18H21N3S. The van der Waals surface area contributed by atoms with Crippen molar-refractivity contribution in [1.82, 2.24) is 14.5 Å². The lowest BCUT2D eigenvalue weighted by Crippen LogP contribution is -1.96. The third-order valence-corrected chi connectivity index (χ3v) is 4.78. The summed E-state index contributed by atoms with van der Waals surface area (Å²) in [4.78, 5) is 10.7. The van der Waals surface area contributed by atoms with Gasteiger partial charge in [-0.25, -0.2) is 9.97 Å². The molecule has 0 radical (unpaired) electrons. The van der Waals surface area contributed by atoms with Crippen molar-refractivity contribution in [1.29, 1.82) is 0 Å². The quantitative estimate of drug-likeness (QED) is 0.644. The van der Waals surface area contributed by atoms with Gasteiger partial charge >= 0.3 is 0 Å². The lowest BCUT2D eigenvalue weighted by Gasteiger charge is -2.07. The van der Waals surface area contributed by atoms with Gasteiger partial charge in [0.25, 0.3) is 0 Å². The highest BCUT2D eigenvalue weighted by Gasteiger charge is 2.15. The number of aryl methyl sites for hydroxylation is 1. The minimum atomic E-state index is 0.463. The Bertz CT molecular complexity index is 805. The molecule has 2 aromatic heterocycles. The maximum Gasteiger partial charge on any atom is 0.160 e. The Kier molecular flexibility index (Phi) is 4.21. The van der Waals surface area contributed by atoms with Crippen LogP contribution in [0.25, 0.3) is 22.6 Å². The van der Waals surface area contributed by atoms with E-state index in [0.29, 0.717) is 5.92 Å². The molecule has 1 aromatic carbocycles. The van der Waals surface area contributed by atoms with Crippen molar-refractivity contribution in [2.24, 2.45) is 7.05 Å². The number of aromatic nitrogens is 3. The van der Waals surface area contributed by atoms with Crippen LogP contribution < -0.4 is 0 Å². The molecule has 0 saturated heterocycles. The van der Waals surface area contributed by atoms with Crippen molar-refractivity contribution < 1.29 is 0 Å². The van der Waals surface area contributed by atoms with Crippen molar-refractivity contribution >= 4 is 22.9 Å². The third-order valence-electron chi connectivity index (χ3n) is 3.82. The SMILES string of the molecule is CCSc1ccccc1-c1nc2cc(C(C)C)cnc2n1C. The molecular weight excluding hydrogens is 290 g/mol. The number of fused-ring (bicyclic) bond motifs is 1. The predicted octanol–water partition coefficient (Wildman–Crippen LogP) is 4.87. The first-order chi connectivity index (χ1) is 10.6. The fraction of sp³-hybridized carbons (Fsp3) is 0.333. The first-order valence-electron chi connectivity index (χ1n) is 7.66. The van der Waals surface area contributed by atoms with Gasteiger partial charge in [0, 0.05) is 23.7 Å². The highest BCUT2D eigenvalue weighted by Crippen LogP contribution is 2.32. The maximum absolute atomic E-state index is 4.86. The summed E-state index contributed by atoms with van der Waals surface area (Å²) in [6, 6.07) is 10.6. The monoisotopic (exact) mass is 311 g/mol. The van der Waals surface area contributed by atoms with Gasteiger partial charge in [-0.3, -0.25) is 0 Å². The van der Waals surface area contributed by atoms with Crippen molar-refractivity contribution in [2.45, 2.75) is 31.6 Å². The minimum Gasteiger partial charge on any atom is -0.312 e. The summed E-state index contributed by atoms with van der Waals surface area (Å²) in [5, 5.41) is 0. The van der Waals surface area contributed by atoms with Crippen LogP contribution >= 0.6 is 11.8 Å². The molecule has 3 rings (SSSR count). The number of thioether (sulfide) groups is 1. The van der Waals surface area contributed by atoms with Gasteiger partial charge in [-0.15, -0.1) is 11.8 Å². The third kappa shape index (κ3) is 2.63. The molecule has 0 aliphatic rings. The zero-order chi connectivity index (χ0) is 15.7. The van der Waals surface area contributed by atoms with E-state index in [4.69, 9.17) is 4.98 Å². The molecule has 0 bridgehead atoms. The van der Waals surface area contributed by atoms with Crippen molar-refractivity contribution in [3.63, 3.8) is 0 Å². The number of nitrogens with zero attached hydrogens (tertiary/aromatic N) is 3. The van der Waals surface area contributed by atoms with E-state index in [9.17, 15) is 0 Å². The van der Waals surface area contributed by atoms with Gasteiger partial charge in [-0.1, -0.05) is 39.0 Å². The molecule has 3 nitrogen and oxygen atoms in total. The van der Waals surface area contributed by atoms with Crippen molar-refractivity contribution in [3.05, 3.63) is 42.1 Å². The zero-order valence-electron chi connectivity index (χ0n) is 13.5. The summed E-state index contributed by atoms with van der Waals surface area (Å²) in [5.74, 6) is 2.50. The van der Waals surface area contributed by atoms with Crippen LogP contribution in [0.1, 0.15) is 32.3 Å². The van der Waals surface area contributed by atoms with Gasteiger partial charge in [-0.05, 0) is 29.4 Å². The average Bonchev–Trinajstić information content (AvgIpc) is 2.84. The standard InChI is InChI=1S/C18H21N3S/c1-5-22-16-9-7-6-8-14(16)17-20-15-10-13(12(2)3)11-19-18(15)21(17)4/h6-12H,5H2,1-4H3.